The summed E-state index contributed by atoms with van der Waals surface area (Å²) in [6, 6.07) is 4.98. The first-order chi connectivity index (χ1) is 13.0. The number of carbonyl (C=O) groups is 2. The van der Waals surface area contributed by atoms with Crippen LogP contribution >= 0.6 is 11.6 Å². The van der Waals surface area contributed by atoms with Gasteiger partial charge in [0.15, 0.2) is 0 Å². The molecule has 0 spiro atoms. The van der Waals surface area contributed by atoms with Gasteiger partial charge in [-0.05, 0) is 57.2 Å². The molecule has 2 aliphatic heterocycles. The van der Waals surface area contributed by atoms with Gasteiger partial charge in [0, 0.05) is 37.9 Å². The van der Waals surface area contributed by atoms with Crippen LogP contribution in [0.1, 0.15) is 39.0 Å². The molecule has 2 amide bonds. The number of piperidine rings is 1. The Labute approximate surface area is 165 Å². The first-order valence-corrected chi connectivity index (χ1v) is 10.2. The summed E-state index contributed by atoms with van der Waals surface area (Å²) >= 11 is 6.44. The van der Waals surface area contributed by atoms with Crippen molar-refractivity contribution in [2.24, 2.45) is 5.92 Å². The molecule has 2 N–H and O–H groups in total. The Morgan fingerprint density at radius 3 is 2.56 bits per heavy atom. The predicted octanol–water partition coefficient (Wildman–Crippen LogP) is 3.20. The lowest BCUT2D eigenvalue weighted by Crippen LogP contribution is -2.45. The lowest BCUT2D eigenvalue weighted by atomic mass is 9.99. The number of ether oxygens (including phenoxy) is 1. The minimum absolute atomic E-state index is 0.0766. The van der Waals surface area contributed by atoms with Crippen LogP contribution in [0, 0.1) is 5.92 Å². The first-order valence-electron chi connectivity index (χ1n) is 9.78. The molecule has 7 heteroatoms. The van der Waals surface area contributed by atoms with E-state index in [2.05, 4.69) is 15.5 Å². The van der Waals surface area contributed by atoms with E-state index in [0.29, 0.717) is 36.8 Å². The van der Waals surface area contributed by atoms with Gasteiger partial charge in [-0.3, -0.25) is 9.59 Å². The molecule has 27 heavy (non-hydrogen) atoms. The van der Waals surface area contributed by atoms with Crippen molar-refractivity contribution in [1.29, 1.82) is 0 Å². The number of rotatable bonds is 5. The van der Waals surface area contributed by atoms with Crippen LogP contribution in [-0.2, 0) is 14.3 Å². The molecule has 0 aliphatic carbocycles. The van der Waals surface area contributed by atoms with E-state index in [9.17, 15) is 9.59 Å². The van der Waals surface area contributed by atoms with E-state index >= 15 is 0 Å². The van der Waals surface area contributed by atoms with Crippen molar-refractivity contribution >= 4 is 34.8 Å². The molecule has 1 atom stereocenters. The molecule has 1 aromatic carbocycles. The fraction of sp³-hybridized carbons (Fsp3) is 0.600. The summed E-state index contributed by atoms with van der Waals surface area (Å²) < 4.78 is 5.27. The lowest BCUT2D eigenvalue weighted by Gasteiger charge is -2.29. The van der Waals surface area contributed by atoms with Gasteiger partial charge in [-0.15, -0.1) is 0 Å². The Morgan fingerprint density at radius 1 is 1.19 bits per heavy atom. The van der Waals surface area contributed by atoms with E-state index in [1.165, 1.54) is 19.3 Å². The van der Waals surface area contributed by atoms with E-state index in [-0.39, 0.29) is 17.7 Å². The van der Waals surface area contributed by atoms with Crippen molar-refractivity contribution in [2.75, 3.05) is 36.5 Å². The summed E-state index contributed by atoms with van der Waals surface area (Å²) in [6.07, 6.45) is 5.03. The van der Waals surface area contributed by atoms with E-state index < -0.39 is 6.04 Å². The van der Waals surface area contributed by atoms with Crippen LogP contribution in [0.4, 0.5) is 11.4 Å². The highest BCUT2D eigenvalue weighted by atomic mass is 35.5. The van der Waals surface area contributed by atoms with Gasteiger partial charge >= 0.3 is 0 Å². The van der Waals surface area contributed by atoms with Crippen molar-refractivity contribution in [1.82, 2.24) is 5.32 Å². The third-order valence-corrected chi connectivity index (χ3v) is 5.56. The van der Waals surface area contributed by atoms with Crippen LogP contribution in [0.2, 0.25) is 5.02 Å². The van der Waals surface area contributed by atoms with Gasteiger partial charge in [-0.2, -0.15) is 0 Å². The van der Waals surface area contributed by atoms with Crippen LogP contribution in [0.3, 0.4) is 0 Å². The average molecular weight is 394 g/mol. The molecular weight excluding hydrogens is 366 g/mol. The number of hydrogen-bond acceptors (Lipinski definition) is 4. The minimum Gasteiger partial charge on any atom is -0.381 e. The highest BCUT2D eigenvalue weighted by Crippen LogP contribution is 2.30. The Hall–Kier alpha value is -1.79. The van der Waals surface area contributed by atoms with E-state index in [1.54, 1.807) is 13.0 Å². The van der Waals surface area contributed by atoms with Gasteiger partial charge in [0.05, 0.1) is 10.7 Å². The molecule has 1 aromatic rings. The molecule has 0 bridgehead atoms. The second-order valence-corrected chi connectivity index (χ2v) is 7.73. The molecular formula is C20H28ClN3O3. The molecule has 1 unspecified atom stereocenters. The second kappa shape index (κ2) is 9.42. The molecule has 0 radical (unpaired) electrons. The minimum atomic E-state index is -0.610. The normalized spacial score (nSPS) is 19.4. The molecule has 3 rings (SSSR count). The largest absolute Gasteiger partial charge is 0.381 e. The molecule has 6 nitrogen and oxygen atoms in total. The van der Waals surface area contributed by atoms with Crippen LogP contribution in [0.5, 0.6) is 0 Å². The zero-order valence-corrected chi connectivity index (χ0v) is 16.6. The van der Waals surface area contributed by atoms with Gasteiger partial charge in [0.1, 0.15) is 6.04 Å². The van der Waals surface area contributed by atoms with Gasteiger partial charge in [0.25, 0.3) is 0 Å². The molecule has 0 aromatic heterocycles. The number of anilines is 2. The summed E-state index contributed by atoms with van der Waals surface area (Å²) in [4.78, 5) is 27.0. The van der Waals surface area contributed by atoms with E-state index in [1.807, 2.05) is 12.1 Å². The van der Waals surface area contributed by atoms with Crippen molar-refractivity contribution in [3.63, 3.8) is 0 Å². The number of carbonyl (C=O) groups excluding carboxylic acids is 2. The highest BCUT2D eigenvalue weighted by Gasteiger charge is 2.25. The fourth-order valence-electron chi connectivity index (χ4n) is 3.58. The third-order valence-electron chi connectivity index (χ3n) is 5.26. The number of benzene rings is 1. The van der Waals surface area contributed by atoms with Crippen LogP contribution in [-0.4, -0.2) is 44.2 Å². The average Bonchev–Trinajstić information content (AvgIpc) is 2.69. The number of hydrogen-bond donors (Lipinski definition) is 2. The molecule has 148 valence electrons. The molecule has 2 aliphatic rings. The smallest absolute Gasteiger partial charge is 0.246 e. The molecule has 2 heterocycles. The quantitative estimate of drug-likeness (QED) is 0.805. The van der Waals surface area contributed by atoms with Crippen LogP contribution in [0.25, 0.3) is 0 Å². The van der Waals surface area contributed by atoms with Crippen LogP contribution in [0.15, 0.2) is 18.2 Å². The number of nitrogens with zero attached hydrogens (tertiary/aromatic N) is 1. The maximum absolute atomic E-state index is 12.4. The monoisotopic (exact) mass is 393 g/mol. The topological polar surface area (TPSA) is 70.7 Å². The SMILES string of the molecule is CC(NC(=O)C1CCOCC1)C(=O)Nc1ccc(N2CCCCC2)c(Cl)c1. The summed E-state index contributed by atoms with van der Waals surface area (Å²) in [5.41, 5.74) is 1.65. The number of halogens is 1. The third kappa shape index (κ3) is 5.36. The summed E-state index contributed by atoms with van der Waals surface area (Å²) in [5.74, 6) is -0.413. The standard InChI is InChI=1S/C20H28ClN3O3/c1-14(22-20(26)15-7-11-27-12-8-15)19(25)23-16-5-6-18(17(21)13-16)24-9-3-2-4-10-24/h5-6,13-15H,2-4,7-12H2,1H3,(H,22,26)(H,23,25). The van der Waals surface area contributed by atoms with Crippen molar-refractivity contribution < 1.29 is 14.3 Å². The Bertz CT molecular complexity index is 670. The second-order valence-electron chi connectivity index (χ2n) is 7.32. The number of nitrogens with one attached hydrogen (secondary N) is 2. The van der Waals surface area contributed by atoms with Crippen LogP contribution < -0.4 is 15.5 Å². The van der Waals surface area contributed by atoms with Crippen molar-refractivity contribution in [2.45, 2.75) is 45.1 Å². The lowest BCUT2D eigenvalue weighted by molar-refractivity contribution is -0.131. The highest BCUT2D eigenvalue weighted by molar-refractivity contribution is 6.33. The Kier molecular flexibility index (Phi) is 6.96. The maximum Gasteiger partial charge on any atom is 0.246 e. The molecule has 2 saturated heterocycles. The summed E-state index contributed by atoms with van der Waals surface area (Å²) in [5, 5.41) is 6.27. The van der Waals surface area contributed by atoms with Gasteiger partial charge in [-0.25, -0.2) is 0 Å². The summed E-state index contributed by atoms with van der Waals surface area (Å²) in [7, 11) is 0. The van der Waals surface area contributed by atoms with E-state index in [0.717, 1.165) is 18.8 Å². The zero-order chi connectivity index (χ0) is 19.2. The molecule has 0 saturated carbocycles. The van der Waals surface area contributed by atoms with Gasteiger partial charge < -0.3 is 20.3 Å². The number of amides is 2. The van der Waals surface area contributed by atoms with Gasteiger partial charge in [-0.1, -0.05) is 11.6 Å². The fourth-order valence-corrected chi connectivity index (χ4v) is 3.88. The zero-order valence-electron chi connectivity index (χ0n) is 15.8. The Morgan fingerprint density at radius 2 is 1.89 bits per heavy atom. The van der Waals surface area contributed by atoms with Crippen molar-refractivity contribution in [3.05, 3.63) is 23.2 Å². The first kappa shape index (κ1) is 20.0. The maximum atomic E-state index is 12.4. The molecule has 2 fully saturated rings. The van der Waals surface area contributed by atoms with Gasteiger partial charge in [0.2, 0.25) is 11.8 Å². The van der Waals surface area contributed by atoms with Crippen molar-refractivity contribution in [3.8, 4) is 0 Å². The Balaban J connectivity index is 1.54. The summed E-state index contributed by atoms with van der Waals surface area (Å²) in [6.45, 7) is 4.92. The van der Waals surface area contributed by atoms with E-state index in [4.69, 9.17) is 16.3 Å². The predicted molar refractivity (Wildman–Crippen MR) is 107 cm³/mol.